The lowest BCUT2D eigenvalue weighted by Gasteiger charge is -2.30. The van der Waals surface area contributed by atoms with Gasteiger partial charge in [-0.3, -0.25) is 9.59 Å². The maximum Gasteiger partial charge on any atom is 0.225 e. The summed E-state index contributed by atoms with van der Waals surface area (Å²) in [6, 6.07) is 10.2. The smallest absolute Gasteiger partial charge is 0.225 e. The van der Waals surface area contributed by atoms with E-state index in [1.807, 2.05) is 35.2 Å². The minimum atomic E-state index is -0.194. The molecule has 23 heavy (non-hydrogen) atoms. The zero-order valence-electron chi connectivity index (χ0n) is 13.8. The van der Waals surface area contributed by atoms with Gasteiger partial charge in [0.15, 0.2) is 0 Å². The largest absolute Gasteiger partial charge is 0.353 e. The minimum absolute atomic E-state index is 0.0626. The Balaban J connectivity index is 1.55. The van der Waals surface area contributed by atoms with Gasteiger partial charge in [-0.1, -0.05) is 50.1 Å². The van der Waals surface area contributed by atoms with E-state index >= 15 is 0 Å². The highest BCUT2D eigenvalue weighted by atomic mass is 16.2. The SMILES string of the molecule is C[C@@H]1CCCC[C@H]1NC(=O)[C@@H]1CC(=O)N(Cc2ccccc2)C1. The van der Waals surface area contributed by atoms with Crippen LogP contribution in [0.15, 0.2) is 30.3 Å². The van der Waals surface area contributed by atoms with Crippen LogP contribution in [0.3, 0.4) is 0 Å². The molecule has 1 saturated heterocycles. The predicted octanol–water partition coefficient (Wildman–Crippen LogP) is 2.73. The summed E-state index contributed by atoms with van der Waals surface area (Å²) in [6.45, 7) is 3.36. The normalized spacial score (nSPS) is 28.0. The Hall–Kier alpha value is -1.84. The van der Waals surface area contributed by atoms with E-state index < -0.39 is 0 Å². The topological polar surface area (TPSA) is 49.4 Å². The van der Waals surface area contributed by atoms with Crippen molar-refractivity contribution in [2.24, 2.45) is 11.8 Å². The van der Waals surface area contributed by atoms with Gasteiger partial charge in [0.25, 0.3) is 0 Å². The molecule has 1 aromatic rings. The van der Waals surface area contributed by atoms with Gasteiger partial charge in [-0.2, -0.15) is 0 Å². The standard InChI is InChI=1S/C19H26N2O2/c1-14-7-5-6-10-17(14)20-19(23)16-11-18(22)21(13-16)12-15-8-3-2-4-9-15/h2-4,8-9,14,16-17H,5-7,10-13H2,1H3,(H,20,23)/t14-,16-,17-/m1/s1. The summed E-state index contributed by atoms with van der Waals surface area (Å²) in [6.07, 6.45) is 5.06. The van der Waals surface area contributed by atoms with E-state index in [0.717, 1.165) is 12.0 Å². The number of amides is 2. The van der Waals surface area contributed by atoms with Crippen molar-refractivity contribution in [3.05, 3.63) is 35.9 Å². The Labute approximate surface area is 138 Å². The molecule has 0 unspecified atom stereocenters. The number of rotatable bonds is 4. The van der Waals surface area contributed by atoms with Gasteiger partial charge < -0.3 is 10.2 Å². The molecule has 1 heterocycles. The molecule has 1 aliphatic heterocycles. The second kappa shape index (κ2) is 7.16. The van der Waals surface area contributed by atoms with Crippen LogP contribution in [0, 0.1) is 11.8 Å². The van der Waals surface area contributed by atoms with E-state index in [1.165, 1.54) is 19.3 Å². The first-order valence-corrected chi connectivity index (χ1v) is 8.75. The van der Waals surface area contributed by atoms with Crippen LogP contribution in [-0.2, 0) is 16.1 Å². The first kappa shape index (κ1) is 16.0. The van der Waals surface area contributed by atoms with Gasteiger partial charge in [-0.15, -0.1) is 0 Å². The number of hydrogen-bond donors (Lipinski definition) is 1. The zero-order valence-corrected chi connectivity index (χ0v) is 13.8. The van der Waals surface area contributed by atoms with Crippen molar-refractivity contribution in [1.29, 1.82) is 0 Å². The molecule has 0 bridgehead atoms. The van der Waals surface area contributed by atoms with Crippen LogP contribution in [0.2, 0.25) is 0 Å². The summed E-state index contributed by atoms with van der Waals surface area (Å²) in [5.74, 6) is 0.504. The third-order valence-corrected chi connectivity index (χ3v) is 5.24. The molecule has 2 amide bonds. The maximum absolute atomic E-state index is 12.5. The molecular formula is C19H26N2O2. The fraction of sp³-hybridized carbons (Fsp3) is 0.579. The van der Waals surface area contributed by atoms with Crippen molar-refractivity contribution >= 4 is 11.8 Å². The Morgan fingerprint density at radius 1 is 1.22 bits per heavy atom. The summed E-state index contributed by atoms with van der Waals surface area (Å²) in [5.41, 5.74) is 1.11. The van der Waals surface area contributed by atoms with Crippen LogP contribution in [-0.4, -0.2) is 29.3 Å². The van der Waals surface area contributed by atoms with Crippen LogP contribution < -0.4 is 5.32 Å². The van der Waals surface area contributed by atoms with Crippen LogP contribution in [0.5, 0.6) is 0 Å². The molecule has 0 aromatic heterocycles. The maximum atomic E-state index is 12.5. The molecule has 3 rings (SSSR count). The van der Waals surface area contributed by atoms with E-state index in [4.69, 9.17) is 0 Å². The van der Waals surface area contributed by atoms with Gasteiger partial charge >= 0.3 is 0 Å². The van der Waals surface area contributed by atoms with Gasteiger partial charge in [0, 0.05) is 25.6 Å². The van der Waals surface area contributed by atoms with Crippen molar-refractivity contribution in [2.45, 2.75) is 51.6 Å². The molecule has 4 nitrogen and oxygen atoms in total. The molecule has 0 radical (unpaired) electrons. The average Bonchev–Trinajstić information content (AvgIpc) is 2.92. The molecular weight excluding hydrogens is 288 g/mol. The highest BCUT2D eigenvalue weighted by Crippen LogP contribution is 2.25. The number of carbonyl (C=O) groups excluding carboxylic acids is 2. The molecule has 0 spiro atoms. The van der Waals surface area contributed by atoms with Gasteiger partial charge in [0.05, 0.1) is 5.92 Å². The Morgan fingerprint density at radius 2 is 1.96 bits per heavy atom. The zero-order chi connectivity index (χ0) is 16.2. The molecule has 3 atom stereocenters. The van der Waals surface area contributed by atoms with Gasteiger partial charge in [-0.05, 0) is 24.3 Å². The molecule has 2 aliphatic rings. The van der Waals surface area contributed by atoms with Crippen LogP contribution >= 0.6 is 0 Å². The monoisotopic (exact) mass is 314 g/mol. The van der Waals surface area contributed by atoms with Gasteiger partial charge in [0.2, 0.25) is 11.8 Å². The van der Waals surface area contributed by atoms with E-state index in [-0.39, 0.29) is 23.8 Å². The third-order valence-electron chi connectivity index (χ3n) is 5.24. The summed E-state index contributed by atoms with van der Waals surface area (Å²) in [5, 5.41) is 3.20. The molecule has 2 fully saturated rings. The minimum Gasteiger partial charge on any atom is -0.353 e. The Kier molecular flexibility index (Phi) is 4.99. The quantitative estimate of drug-likeness (QED) is 0.929. The summed E-state index contributed by atoms with van der Waals surface area (Å²) in [7, 11) is 0. The lowest BCUT2D eigenvalue weighted by atomic mass is 9.85. The number of likely N-dealkylation sites (tertiary alicyclic amines) is 1. The molecule has 1 saturated carbocycles. The van der Waals surface area contributed by atoms with Crippen molar-refractivity contribution in [3.8, 4) is 0 Å². The highest BCUT2D eigenvalue weighted by molar-refractivity contribution is 5.89. The van der Waals surface area contributed by atoms with E-state index in [2.05, 4.69) is 12.2 Å². The van der Waals surface area contributed by atoms with Crippen molar-refractivity contribution in [1.82, 2.24) is 10.2 Å². The number of nitrogens with one attached hydrogen (secondary N) is 1. The van der Waals surface area contributed by atoms with E-state index in [9.17, 15) is 9.59 Å². The molecule has 1 aliphatic carbocycles. The second-order valence-electron chi connectivity index (χ2n) is 7.04. The molecule has 124 valence electrons. The van der Waals surface area contributed by atoms with Crippen LogP contribution in [0.1, 0.15) is 44.6 Å². The van der Waals surface area contributed by atoms with Crippen molar-refractivity contribution < 1.29 is 9.59 Å². The molecule has 1 N–H and O–H groups in total. The lowest BCUT2D eigenvalue weighted by Crippen LogP contribution is -2.44. The first-order valence-electron chi connectivity index (χ1n) is 8.75. The van der Waals surface area contributed by atoms with Crippen molar-refractivity contribution in [3.63, 3.8) is 0 Å². The van der Waals surface area contributed by atoms with Crippen LogP contribution in [0.25, 0.3) is 0 Å². The molecule has 4 heteroatoms. The summed E-state index contributed by atoms with van der Waals surface area (Å²) < 4.78 is 0. The van der Waals surface area contributed by atoms with Gasteiger partial charge in [0.1, 0.15) is 0 Å². The number of hydrogen-bond acceptors (Lipinski definition) is 2. The lowest BCUT2D eigenvalue weighted by molar-refractivity contribution is -0.129. The average molecular weight is 314 g/mol. The number of benzene rings is 1. The van der Waals surface area contributed by atoms with Crippen molar-refractivity contribution in [2.75, 3.05) is 6.54 Å². The first-order chi connectivity index (χ1) is 11.1. The highest BCUT2D eigenvalue weighted by Gasteiger charge is 2.35. The Morgan fingerprint density at radius 3 is 2.70 bits per heavy atom. The van der Waals surface area contributed by atoms with E-state index in [0.29, 0.717) is 25.4 Å². The summed E-state index contributed by atoms with van der Waals surface area (Å²) in [4.78, 5) is 26.5. The second-order valence-corrected chi connectivity index (χ2v) is 7.04. The van der Waals surface area contributed by atoms with Crippen LogP contribution in [0.4, 0.5) is 0 Å². The third kappa shape index (κ3) is 3.92. The fourth-order valence-electron chi connectivity index (χ4n) is 3.74. The summed E-state index contributed by atoms with van der Waals surface area (Å²) >= 11 is 0. The number of nitrogens with zero attached hydrogens (tertiary/aromatic N) is 1. The Bertz CT molecular complexity index is 558. The van der Waals surface area contributed by atoms with Gasteiger partial charge in [-0.25, -0.2) is 0 Å². The number of carbonyl (C=O) groups is 2. The van der Waals surface area contributed by atoms with E-state index in [1.54, 1.807) is 0 Å². The molecule has 1 aromatic carbocycles. The fourth-order valence-corrected chi connectivity index (χ4v) is 3.74. The predicted molar refractivity (Wildman–Crippen MR) is 89.5 cm³/mol.